The maximum Gasteiger partial charge on any atom is 0.123 e. The van der Waals surface area contributed by atoms with Crippen LogP contribution >= 0.6 is 23.1 Å². The van der Waals surface area contributed by atoms with E-state index in [0.29, 0.717) is 5.92 Å². The third-order valence-electron chi connectivity index (χ3n) is 3.46. The molecule has 4 heteroatoms. The van der Waals surface area contributed by atoms with E-state index in [1.54, 1.807) is 23.1 Å². The van der Waals surface area contributed by atoms with Gasteiger partial charge in [-0.1, -0.05) is 32.4 Å². The quantitative estimate of drug-likeness (QED) is 0.820. The first-order valence-electron chi connectivity index (χ1n) is 6.51. The lowest BCUT2D eigenvalue weighted by Crippen LogP contribution is -2.18. The van der Waals surface area contributed by atoms with Gasteiger partial charge in [-0.2, -0.15) is 0 Å². The summed E-state index contributed by atoms with van der Waals surface area (Å²) in [7, 11) is 0. The molecule has 1 heterocycles. The molecule has 2 nitrogen and oxygen atoms in total. The van der Waals surface area contributed by atoms with Gasteiger partial charge >= 0.3 is 0 Å². The van der Waals surface area contributed by atoms with Crippen molar-refractivity contribution in [2.24, 2.45) is 11.7 Å². The first-order chi connectivity index (χ1) is 9.15. The second-order valence-corrected chi connectivity index (χ2v) is 6.46. The number of aromatic nitrogens is 1. The Kier molecular flexibility index (Phi) is 5.02. The predicted molar refractivity (Wildman–Crippen MR) is 85.7 cm³/mol. The fraction of sp³-hybridized carbons (Fsp3) is 0.400. The van der Waals surface area contributed by atoms with Gasteiger partial charge in [-0.25, -0.2) is 4.98 Å². The Morgan fingerprint density at radius 2 is 2.00 bits per heavy atom. The average Bonchev–Trinajstić information content (AvgIpc) is 2.95. The predicted octanol–water partition coefficient (Wildman–Crippen LogP) is 4.58. The summed E-state index contributed by atoms with van der Waals surface area (Å²) >= 11 is 3.43. The van der Waals surface area contributed by atoms with Crippen LogP contribution in [0.4, 0.5) is 0 Å². The number of rotatable bonds is 5. The largest absolute Gasteiger partial charge is 0.322 e. The van der Waals surface area contributed by atoms with Gasteiger partial charge in [0, 0.05) is 15.8 Å². The fourth-order valence-electron chi connectivity index (χ4n) is 1.85. The molecule has 102 valence electrons. The smallest absolute Gasteiger partial charge is 0.123 e. The molecular weight excluding hydrogens is 272 g/mol. The summed E-state index contributed by atoms with van der Waals surface area (Å²) in [5.74, 6) is 0.466. The van der Waals surface area contributed by atoms with Crippen LogP contribution in [-0.2, 0) is 0 Å². The van der Waals surface area contributed by atoms with Gasteiger partial charge in [-0.15, -0.1) is 23.1 Å². The number of hydrogen-bond donors (Lipinski definition) is 1. The van der Waals surface area contributed by atoms with Crippen LogP contribution in [0.25, 0.3) is 10.6 Å². The molecule has 0 aliphatic heterocycles. The van der Waals surface area contributed by atoms with E-state index < -0.39 is 0 Å². The zero-order chi connectivity index (χ0) is 13.8. The maximum atomic E-state index is 6.23. The molecule has 2 aromatic rings. The minimum atomic E-state index is 0.0421. The van der Waals surface area contributed by atoms with Crippen LogP contribution in [0.3, 0.4) is 0 Å². The standard InChI is InChI=1S/C15H20N2S2/c1-4-10(2)14(16)13-9-19-15(17-13)11-5-7-12(18-3)8-6-11/h5-10,14H,4,16H2,1-3H3. The second-order valence-electron chi connectivity index (χ2n) is 4.72. The molecule has 2 N–H and O–H groups in total. The highest BCUT2D eigenvalue weighted by Gasteiger charge is 2.16. The molecule has 0 saturated heterocycles. The number of benzene rings is 1. The number of hydrogen-bond acceptors (Lipinski definition) is 4. The first-order valence-corrected chi connectivity index (χ1v) is 8.61. The third kappa shape index (κ3) is 3.38. The van der Waals surface area contributed by atoms with Crippen LogP contribution in [0.15, 0.2) is 34.5 Å². The van der Waals surface area contributed by atoms with Crippen LogP contribution < -0.4 is 5.73 Å². The number of thiazole rings is 1. The highest BCUT2D eigenvalue weighted by atomic mass is 32.2. The zero-order valence-electron chi connectivity index (χ0n) is 11.6. The molecule has 0 amide bonds. The van der Waals surface area contributed by atoms with Crippen LogP contribution in [0, 0.1) is 5.92 Å². The van der Waals surface area contributed by atoms with Crippen molar-refractivity contribution in [1.29, 1.82) is 0 Å². The Balaban J connectivity index is 2.20. The minimum absolute atomic E-state index is 0.0421. The number of thioether (sulfide) groups is 1. The Hall–Kier alpha value is -0.840. The van der Waals surface area contributed by atoms with E-state index in [-0.39, 0.29) is 6.04 Å². The van der Waals surface area contributed by atoms with Gasteiger partial charge in [-0.3, -0.25) is 0 Å². The van der Waals surface area contributed by atoms with E-state index in [4.69, 9.17) is 10.7 Å². The van der Waals surface area contributed by atoms with Crippen LogP contribution in [-0.4, -0.2) is 11.2 Å². The van der Waals surface area contributed by atoms with E-state index in [1.807, 2.05) is 0 Å². The summed E-state index contributed by atoms with van der Waals surface area (Å²) in [6.07, 6.45) is 3.16. The Bertz CT molecular complexity index is 519. The molecule has 2 rings (SSSR count). The molecule has 0 radical (unpaired) electrons. The molecule has 1 aromatic heterocycles. The fourth-order valence-corrected chi connectivity index (χ4v) is 3.13. The van der Waals surface area contributed by atoms with Gasteiger partial charge in [-0.05, 0) is 24.3 Å². The topological polar surface area (TPSA) is 38.9 Å². The van der Waals surface area contributed by atoms with Crippen molar-refractivity contribution in [3.05, 3.63) is 35.3 Å². The van der Waals surface area contributed by atoms with Gasteiger partial charge in [0.15, 0.2) is 0 Å². The molecule has 0 aliphatic carbocycles. The molecule has 0 saturated carbocycles. The summed E-state index contributed by atoms with van der Waals surface area (Å²) in [6.45, 7) is 4.34. The molecule has 19 heavy (non-hydrogen) atoms. The first kappa shape index (κ1) is 14.6. The number of nitrogens with two attached hydrogens (primary N) is 1. The maximum absolute atomic E-state index is 6.23. The summed E-state index contributed by atoms with van der Waals surface area (Å²) in [6, 6.07) is 8.57. The molecule has 0 spiro atoms. The van der Waals surface area contributed by atoms with Gasteiger partial charge in [0.1, 0.15) is 5.01 Å². The Labute approximate surface area is 123 Å². The van der Waals surface area contributed by atoms with Crippen LogP contribution in [0.1, 0.15) is 32.0 Å². The molecule has 2 atom stereocenters. The highest BCUT2D eigenvalue weighted by Crippen LogP contribution is 2.29. The molecule has 1 aromatic carbocycles. The van der Waals surface area contributed by atoms with Gasteiger partial charge in [0.25, 0.3) is 0 Å². The summed E-state index contributed by atoms with van der Waals surface area (Å²) in [5, 5.41) is 3.15. The average molecular weight is 292 g/mol. The monoisotopic (exact) mass is 292 g/mol. The van der Waals surface area contributed by atoms with E-state index in [0.717, 1.165) is 17.1 Å². The van der Waals surface area contributed by atoms with E-state index >= 15 is 0 Å². The summed E-state index contributed by atoms with van der Waals surface area (Å²) in [5.41, 5.74) is 8.42. The van der Waals surface area contributed by atoms with Gasteiger partial charge in [0.2, 0.25) is 0 Å². The zero-order valence-corrected chi connectivity index (χ0v) is 13.2. The Morgan fingerprint density at radius 1 is 1.32 bits per heavy atom. The number of nitrogens with zero attached hydrogens (tertiary/aromatic N) is 1. The van der Waals surface area contributed by atoms with Crippen molar-refractivity contribution in [3.63, 3.8) is 0 Å². The van der Waals surface area contributed by atoms with Crippen LogP contribution in [0.5, 0.6) is 0 Å². The minimum Gasteiger partial charge on any atom is -0.322 e. The van der Waals surface area contributed by atoms with Crippen molar-refractivity contribution < 1.29 is 0 Å². The van der Waals surface area contributed by atoms with Crippen molar-refractivity contribution in [2.45, 2.75) is 31.2 Å². The normalized spacial score (nSPS) is 14.3. The lowest BCUT2D eigenvalue weighted by Gasteiger charge is -2.15. The van der Waals surface area contributed by atoms with E-state index in [1.165, 1.54) is 10.5 Å². The molecule has 0 aliphatic rings. The third-order valence-corrected chi connectivity index (χ3v) is 5.11. The van der Waals surface area contributed by atoms with E-state index in [2.05, 4.69) is 49.7 Å². The second kappa shape index (κ2) is 6.55. The Morgan fingerprint density at radius 3 is 2.58 bits per heavy atom. The molecule has 2 unspecified atom stereocenters. The lowest BCUT2D eigenvalue weighted by molar-refractivity contribution is 0.450. The van der Waals surface area contributed by atoms with Crippen LogP contribution in [0.2, 0.25) is 0 Å². The van der Waals surface area contributed by atoms with Crippen molar-refractivity contribution in [2.75, 3.05) is 6.26 Å². The molecule has 0 fully saturated rings. The van der Waals surface area contributed by atoms with Crippen molar-refractivity contribution >= 4 is 23.1 Å². The van der Waals surface area contributed by atoms with Gasteiger partial charge in [0.05, 0.1) is 11.7 Å². The summed E-state index contributed by atoms with van der Waals surface area (Å²) < 4.78 is 0. The van der Waals surface area contributed by atoms with E-state index in [9.17, 15) is 0 Å². The highest BCUT2D eigenvalue weighted by molar-refractivity contribution is 7.98. The summed E-state index contributed by atoms with van der Waals surface area (Å²) in [4.78, 5) is 5.97. The van der Waals surface area contributed by atoms with Crippen molar-refractivity contribution in [3.8, 4) is 10.6 Å². The molecular formula is C15H20N2S2. The molecule has 0 bridgehead atoms. The van der Waals surface area contributed by atoms with Gasteiger partial charge < -0.3 is 5.73 Å². The lowest BCUT2D eigenvalue weighted by atomic mass is 9.98. The van der Waals surface area contributed by atoms with Crippen molar-refractivity contribution in [1.82, 2.24) is 4.98 Å². The SMILES string of the molecule is CCC(C)C(N)c1csc(-c2ccc(SC)cc2)n1.